The topological polar surface area (TPSA) is 82.6 Å². The minimum Gasteiger partial charge on any atom is -0.356 e. The van der Waals surface area contributed by atoms with Gasteiger partial charge >= 0.3 is 0 Å². The molecule has 6 nitrogen and oxygen atoms in total. The summed E-state index contributed by atoms with van der Waals surface area (Å²) in [7, 11) is -0.0200. The minimum atomic E-state index is -3.23. The van der Waals surface area contributed by atoms with E-state index >= 15 is 0 Å². The van der Waals surface area contributed by atoms with Gasteiger partial charge in [0, 0.05) is 20.1 Å². The highest BCUT2D eigenvalue weighted by molar-refractivity contribution is 14.0. The minimum absolute atomic E-state index is 0. The fourth-order valence-electron chi connectivity index (χ4n) is 3.67. The molecule has 3 N–H and O–H groups in total. The molecule has 1 aliphatic rings. The molecule has 1 aromatic carbocycles. The van der Waals surface area contributed by atoms with Crippen molar-refractivity contribution >= 4 is 40.0 Å². The molecule has 1 aliphatic carbocycles. The van der Waals surface area contributed by atoms with E-state index in [9.17, 15) is 8.42 Å². The highest BCUT2D eigenvalue weighted by atomic mass is 127. The first-order chi connectivity index (χ1) is 12.9. The van der Waals surface area contributed by atoms with Crippen molar-refractivity contribution in [2.45, 2.75) is 51.3 Å². The molecule has 0 spiro atoms. The van der Waals surface area contributed by atoms with Crippen LogP contribution in [0.1, 0.15) is 50.2 Å². The fourth-order valence-corrected chi connectivity index (χ4v) is 4.44. The Balaban J connectivity index is 0.00000392. The number of guanidine groups is 1. The highest BCUT2D eigenvalue weighted by Gasteiger charge is 2.18. The van der Waals surface area contributed by atoms with Crippen LogP contribution in [0.2, 0.25) is 0 Å². The van der Waals surface area contributed by atoms with E-state index in [0.717, 1.165) is 35.5 Å². The van der Waals surface area contributed by atoms with Crippen LogP contribution in [0, 0.1) is 11.8 Å². The lowest BCUT2D eigenvalue weighted by Gasteiger charge is -2.26. The van der Waals surface area contributed by atoms with Gasteiger partial charge in [0.2, 0.25) is 10.0 Å². The zero-order valence-corrected chi connectivity index (χ0v) is 20.3. The van der Waals surface area contributed by atoms with Gasteiger partial charge in [0.15, 0.2) is 5.96 Å². The molecule has 1 fully saturated rings. The van der Waals surface area contributed by atoms with Crippen LogP contribution in [0.3, 0.4) is 0 Å². The Morgan fingerprint density at radius 2 is 1.82 bits per heavy atom. The Bertz CT molecular complexity index is 707. The molecule has 0 amide bonds. The lowest BCUT2D eigenvalue weighted by atomic mass is 9.81. The lowest BCUT2D eigenvalue weighted by molar-refractivity contribution is 0.270. The van der Waals surface area contributed by atoms with Crippen LogP contribution in [-0.4, -0.2) is 35.0 Å². The van der Waals surface area contributed by atoms with E-state index in [4.69, 9.17) is 0 Å². The number of hydrogen-bond acceptors (Lipinski definition) is 3. The van der Waals surface area contributed by atoms with Crippen molar-refractivity contribution in [1.82, 2.24) is 15.4 Å². The van der Waals surface area contributed by atoms with E-state index in [1.165, 1.54) is 39.2 Å². The maximum atomic E-state index is 11.6. The molecule has 2 unspecified atom stereocenters. The number of rotatable bonds is 8. The largest absolute Gasteiger partial charge is 0.356 e. The molecular formula is C20H35IN4O2S. The van der Waals surface area contributed by atoms with Crippen molar-refractivity contribution in [1.29, 1.82) is 0 Å². The quantitative estimate of drug-likeness (QED) is 0.278. The molecule has 2 atom stereocenters. The van der Waals surface area contributed by atoms with Crippen molar-refractivity contribution in [2.24, 2.45) is 16.8 Å². The zero-order chi connectivity index (χ0) is 19.7. The summed E-state index contributed by atoms with van der Waals surface area (Å²) in [4.78, 5) is 4.28. The van der Waals surface area contributed by atoms with Crippen LogP contribution in [0.15, 0.2) is 29.3 Å². The molecule has 8 heteroatoms. The zero-order valence-electron chi connectivity index (χ0n) is 17.2. The first-order valence-corrected chi connectivity index (χ1v) is 11.5. The van der Waals surface area contributed by atoms with Gasteiger partial charge in [0.05, 0.1) is 5.75 Å². The molecule has 1 saturated carbocycles. The number of aliphatic imine (C=N–C) groups is 1. The molecule has 0 aliphatic heterocycles. The Morgan fingerprint density at radius 1 is 1.14 bits per heavy atom. The first kappa shape index (κ1) is 25.2. The van der Waals surface area contributed by atoms with Crippen molar-refractivity contribution in [3.05, 3.63) is 35.4 Å². The van der Waals surface area contributed by atoms with Crippen LogP contribution in [-0.2, 0) is 22.3 Å². The second-order valence-corrected chi connectivity index (χ2v) is 9.49. The Hall–Kier alpha value is -0.870. The maximum absolute atomic E-state index is 11.6. The van der Waals surface area contributed by atoms with Crippen molar-refractivity contribution in [3.8, 4) is 0 Å². The van der Waals surface area contributed by atoms with E-state index in [-0.39, 0.29) is 29.7 Å². The number of benzene rings is 1. The molecule has 0 heterocycles. The molecule has 2 rings (SSSR count). The van der Waals surface area contributed by atoms with Gasteiger partial charge in [-0.2, -0.15) is 0 Å². The second-order valence-electron chi connectivity index (χ2n) is 7.56. The number of halogens is 1. The Morgan fingerprint density at radius 3 is 2.43 bits per heavy atom. The molecule has 160 valence electrons. The molecule has 1 aromatic rings. The van der Waals surface area contributed by atoms with Gasteiger partial charge in [-0.3, -0.25) is 4.99 Å². The van der Waals surface area contributed by atoms with Gasteiger partial charge < -0.3 is 10.6 Å². The van der Waals surface area contributed by atoms with Crippen LogP contribution in [0.25, 0.3) is 0 Å². The molecule has 0 saturated heterocycles. The van der Waals surface area contributed by atoms with E-state index in [1.54, 1.807) is 7.05 Å². The van der Waals surface area contributed by atoms with Crippen LogP contribution >= 0.6 is 24.0 Å². The maximum Gasteiger partial charge on any atom is 0.215 e. The summed E-state index contributed by atoms with van der Waals surface area (Å²) in [6, 6.07) is 7.60. The number of nitrogens with one attached hydrogen (secondary N) is 3. The van der Waals surface area contributed by atoms with Crippen LogP contribution < -0.4 is 15.4 Å². The van der Waals surface area contributed by atoms with Gasteiger partial charge in [0.25, 0.3) is 0 Å². The number of nitrogens with zero attached hydrogens (tertiary/aromatic N) is 1. The Kier molecular flexibility index (Phi) is 11.4. The summed E-state index contributed by atoms with van der Waals surface area (Å²) in [5.74, 6) is 2.51. The summed E-state index contributed by atoms with van der Waals surface area (Å²) in [5, 5.41) is 6.72. The summed E-state index contributed by atoms with van der Waals surface area (Å²) in [6.07, 6.45) is 6.65. The smallest absolute Gasteiger partial charge is 0.215 e. The predicted molar refractivity (Wildman–Crippen MR) is 127 cm³/mol. The SMILES string of the molecule is CN=C(NCCC1CCCC(C)C1)NCc1ccc(CS(=O)(=O)NC)cc1.I. The third-order valence-corrected chi connectivity index (χ3v) is 6.60. The predicted octanol–water partition coefficient (Wildman–Crippen LogP) is 3.24. The van der Waals surface area contributed by atoms with Crippen molar-refractivity contribution < 1.29 is 8.42 Å². The summed E-state index contributed by atoms with van der Waals surface area (Å²) < 4.78 is 25.5. The van der Waals surface area contributed by atoms with Crippen molar-refractivity contribution in [3.63, 3.8) is 0 Å². The standard InChI is InChI=1S/C20H34N4O2S.HI/c1-16-5-4-6-17(13-16)11-12-23-20(21-2)24-14-18-7-9-19(10-8-18)15-27(25,26)22-3;/h7-10,16-17,22H,4-6,11-15H2,1-3H3,(H2,21,23,24);1H. The average Bonchev–Trinajstić information content (AvgIpc) is 2.65. The molecule has 28 heavy (non-hydrogen) atoms. The van der Waals surface area contributed by atoms with Crippen molar-refractivity contribution in [2.75, 3.05) is 20.6 Å². The lowest BCUT2D eigenvalue weighted by Crippen LogP contribution is -2.38. The number of hydrogen-bond donors (Lipinski definition) is 3. The van der Waals surface area contributed by atoms with Crippen LogP contribution in [0.4, 0.5) is 0 Å². The summed E-state index contributed by atoms with van der Waals surface area (Å²) in [6.45, 7) is 3.95. The van der Waals surface area contributed by atoms with Gasteiger partial charge in [-0.1, -0.05) is 50.5 Å². The fraction of sp³-hybridized carbons (Fsp3) is 0.650. The average molecular weight is 522 g/mol. The van der Waals surface area contributed by atoms with E-state index in [1.807, 2.05) is 24.3 Å². The van der Waals surface area contributed by atoms with Gasteiger partial charge in [-0.05, 0) is 42.9 Å². The van der Waals surface area contributed by atoms with Gasteiger partial charge in [-0.25, -0.2) is 13.1 Å². The number of sulfonamides is 1. The second kappa shape index (κ2) is 12.6. The summed E-state index contributed by atoms with van der Waals surface area (Å²) >= 11 is 0. The van der Waals surface area contributed by atoms with E-state index < -0.39 is 10.0 Å². The monoisotopic (exact) mass is 522 g/mol. The first-order valence-electron chi connectivity index (χ1n) is 9.85. The molecular weight excluding hydrogens is 487 g/mol. The third kappa shape index (κ3) is 9.09. The highest BCUT2D eigenvalue weighted by Crippen LogP contribution is 2.30. The van der Waals surface area contributed by atoms with Crippen LogP contribution in [0.5, 0.6) is 0 Å². The molecule has 0 aromatic heterocycles. The third-order valence-electron chi connectivity index (χ3n) is 5.26. The van der Waals surface area contributed by atoms with Gasteiger partial charge in [-0.15, -0.1) is 24.0 Å². The van der Waals surface area contributed by atoms with E-state index in [0.29, 0.717) is 6.54 Å². The Labute approximate surface area is 187 Å². The molecule has 0 radical (unpaired) electrons. The molecule has 0 bridgehead atoms. The van der Waals surface area contributed by atoms with E-state index in [2.05, 4.69) is 27.3 Å². The summed E-state index contributed by atoms with van der Waals surface area (Å²) in [5.41, 5.74) is 1.86. The normalized spacial score (nSPS) is 20.3. The van der Waals surface area contributed by atoms with Gasteiger partial charge in [0.1, 0.15) is 0 Å².